The maximum Gasteiger partial charge on any atom is 0.124 e. The molecule has 2 nitrogen and oxygen atoms in total. The van der Waals surface area contributed by atoms with E-state index in [1.165, 1.54) is 23.5 Å². The summed E-state index contributed by atoms with van der Waals surface area (Å²) >= 11 is 14.3. The maximum absolute atomic E-state index is 13.1. The molecular formula is C13H11Br2ClFNOS. The Bertz CT molecular complexity index is 622. The lowest BCUT2D eigenvalue weighted by molar-refractivity contribution is 0.147. The number of aliphatic hydroxyl groups excluding tert-OH is 1. The summed E-state index contributed by atoms with van der Waals surface area (Å²) in [5.74, 6) is -0.815. The molecule has 0 aliphatic rings. The summed E-state index contributed by atoms with van der Waals surface area (Å²) in [5, 5.41) is 10.8. The Morgan fingerprint density at radius 3 is 2.50 bits per heavy atom. The van der Waals surface area contributed by atoms with Gasteiger partial charge in [0.05, 0.1) is 13.7 Å². The van der Waals surface area contributed by atoms with Gasteiger partial charge in [-0.25, -0.2) is 4.39 Å². The molecule has 0 saturated carbocycles. The fraction of sp³-hybridized carbons (Fsp3) is 0.231. The van der Waals surface area contributed by atoms with Crippen molar-refractivity contribution in [1.82, 2.24) is 0 Å². The minimum atomic E-state index is -0.820. The molecule has 0 radical (unpaired) electrons. The summed E-state index contributed by atoms with van der Waals surface area (Å²) in [4.78, 5) is 0. The van der Waals surface area contributed by atoms with Crippen molar-refractivity contribution in [1.29, 1.82) is 0 Å². The smallest absolute Gasteiger partial charge is 0.124 e. The van der Waals surface area contributed by atoms with E-state index in [9.17, 15) is 9.50 Å². The third-order valence-electron chi connectivity index (χ3n) is 3.00. The number of nitrogens with two attached hydrogens (primary N) is 1. The van der Waals surface area contributed by atoms with Crippen LogP contribution in [0.5, 0.6) is 0 Å². The molecule has 2 unspecified atom stereocenters. The Morgan fingerprint density at radius 1 is 1.30 bits per heavy atom. The molecule has 0 spiro atoms. The average Bonchev–Trinajstić information content (AvgIpc) is 2.71. The van der Waals surface area contributed by atoms with Crippen LogP contribution in [0.1, 0.15) is 23.1 Å². The lowest BCUT2D eigenvalue weighted by Gasteiger charge is -2.22. The van der Waals surface area contributed by atoms with E-state index in [1.54, 1.807) is 6.07 Å². The van der Waals surface area contributed by atoms with Gasteiger partial charge in [0.15, 0.2) is 0 Å². The van der Waals surface area contributed by atoms with E-state index in [4.69, 9.17) is 17.3 Å². The Hall–Kier alpha value is 0.0200. The van der Waals surface area contributed by atoms with Gasteiger partial charge in [-0.15, -0.1) is 11.3 Å². The van der Waals surface area contributed by atoms with Crippen LogP contribution in [0, 0.1) is 5.82 Å². The summed E-state index contributed by atoms with van der Waals surface area (Å²) in [6.45, 7) is 0.201. The zero-order valence-corrected chi connectivity index (χ0v) is 14.9. The van der Waals surface area contributed by atoms with E-state index in [-0.39, 0.29) is 11.6 Å². The molecule has 2 atom stereocenters. The van der Waals surface area contributed by atoms with Gasteiger partial charge >= 0.3 is 0 Å². The Kier molecular flexibility index (Phi) is 5.62. The molecule has 0 aliphatic carbocycles. The molecule has 0 saturated heterocycles. The van der Waals surface area contributed by atoms with Crippen LogP contribution in [0.3, 0.4) is 0 Å². The van der Waals surface area contributed by atoms with Crippen LogP contribution in [-0.2, 0) is 0 Å². The number of benzene rings is 1. The topological polar surface area (TPSA) is 46.2 Å². The van der Waals surface area contributed by atoms with Crippen molar-refractivity contribution < 1.29 is 9.50 Å². The lowest BCUT2D eigenvalue weighted by atomic mass is 9.90. The van der Waals surface area contributed by atoms with Crippen LogP contribution in [0.4, 0.5) is 4.39 Å². The summed E-state index contributed by atoms with van der Waals surface area (Å²) in [6.07, 6.45) is -0.820. The zero-order chi connectivity index (χ0) is 14.9. The van der Waals surface area contributed by atoms with Crippen molar-refractivity contribution in [2.75, 3.05) is 6.54 Å². The quantitative estimate of drug-likeness (QED) is 0.710. The van der Waals surface area contributed by atoms with Crippen molar-refractivity contribution in [2.24, 2.45) is 5.73 Å². The van der Waals surface area contributed by atoms with Crippen LogP contribution in [0.2, 0.25) is 5.02 Å². The predicted molar refractivity (Wildman–Crippen MR) is 87.9 cm³/mol. The van der Waals surface area contributed by atoms with E-state index >= 15 is 0 Å². The first-order chi connectivity index (χ1) is 9.43. The zero-order valence-electron chi connectivity index (χ0n) is 10.1. The van der Waals surface area contributed by atoms with Crippen molar-refractivity contribution in [3.05, 3.63) is 53.8 Å². The first kappa shape index (κ1) is 16.4. The fourth-order valence-corrected chi connectivity index (χ4v) is 5.22. The number of aliphatic hydroxyl groups is 1. The van der Waals surface area contributed by atoms with Crippen molar-refractivity contribution in [3.63, 3.8) is 0 Å². The van der Waals surface area contributed by atoms with E-state index in [1.807, 2.05) is 6.07 Å². The fourth-order valence-electron chi connectivity index (χ4n) is 2.00. The molecule has 1 aromatic carbocycles. The molecule has 7 heteroatoms. The highest BCUT2D eigenvalue weighted by molar-refractivity contribution is 9.12. The SMILES string of the molecule is NCC(c1ccc(F)cc1Cl)C(O)c1cc(Br)sc1Br. The second-order valence-electron chi connectivity index (χ2n) is 4.23. The predicted octanol–water partition coefficient (Wildman–Crippen LogP) is 4.84. The molecule has 3 N–H and O–H groups in total. The van der Waals surface area contributed by atoms with Crippen LogP contribution in [0.25, 0.3) is 0 Å². The molecule has 1 aromatic heterocycles. The van der Waals surface area contributed by atoms with E-state index in [2.05, 4.69) is 31.9 Å². The van der Waals surface area contributed by atoms with Gasteiger partial charge in [-0.1, -0.05) is 17.7 Å². The Labute approximate surface area is 142 Å². The molecule has 20 heavy (non-hydrogen) atoms. The molecule has 0 bridgehead atoms. The average molecular weight is 444 g/mol. The lowest BCUT2D eigenvalue weighted by Crippen LogP contribution is -2.20. The number of hydrogen-bond donors (Lipinski definition) is 2. The third kappa shape index (κ3) is 3.43. The monoisotopic (exact) mass is 441 g/mol. The molecule has 108 valence electrons. The van der Waals surface area contributed by atoms with Gasteiger partial charge in [0.1, 0.15) is 5.82 Å². The number of halogens is 4. The van der Waals surface area contributed by atoms with Crippen molar-refractivity contribution in [3.8, 4) is 0 Å². The first-order valence-electron chi connectivity index (χ1n) is 5.71. The van der Waals surface area contributed by atoms with Gasteiger partial charge in [0.2, 0.25) is 0 Å². The van der Waals surface area contributed by atoms with Gasteiger partial charge in [-0.2, -0.15) is 0 Å². The van der Waals surface area contributed by atoms with Crippen molar-refractivity contribution in [2.45, 2.75) is 12.0 Å². The summed E-state index contributed by atoms with van der Waals surface area (Å²) in [5.41, 5.74) is 7.14. The normalized spacial score (nSPS) is 14.3. The molecule has 0 aliphatic heterocycles. The molecule has 0 amide bonds. The van der Waals surface area contributed by atoms with E-state index < -0.39 is 17.8 Å². The number of thiophene rings is 1. The molecule has 0 fully saturated rings. The largest absolute Gasteiger partial charge is 0.388 e. The van der Waals surface area contributed by atoms with E-state index in [0.29, 0.717) is 5.56 Å². The first-order valence-corrected chi connectivity index (χ1v) is 8.50. The van der Waals surface area contributed by atoms with Gasteiger partial charge in [-0.3, -0.25) is 0 Å². The van der Waals surface area contributed by atoms with Gasteiger partial charge < -0.3 is 10.8 Å². The maximum atomic E-state index is 13.1. The van der Waals surface area contributed by atoms with Gasteiger partial charge in [-0.05, 0) is 55.6 Å². The highest BCUT2D eigenvalue weighted by atomic mass is 79.9. The van der Waals surface area contributed by atoms with Crippen LogP contribution < -0.4 is 5.73 Å². The minimum absolute atomic E-state index is 0.201. The summed E-state index contributed by atoms with van der Waals surface area (Å²) < 4.78 is 14.8. The molecular weight excluding hydrogens is 432 g/mol. The minimum Gasteiger partial charge on any atom is -0.388 e. The number of rotatable bonds is 4. The third-order valence-corrected chi connectivity index (χ3v) is 5.71. The Morgan fingerprint density at radius 2 is 2.00 bits per heavy atom. The molecule has 1 heterocycles. The van der Waals surface area contributed by atoms with E-state index in [0.717, 1.165) is 13.1 Å². The van der Waals surface area contributed by atoms with Crippen molar-refractivity contribution >= 4 is 54.8 Å². The number of hydrogen-bond acceptors (Lipinski definition) is 3. The summed E-state index contributed by atoms with van der Waals surface area (Å²) in [7, 11) is 0. The van der Waals surface area contributed by atoms with Crippen LogP contribution in [0.15, 0.2) is 31.8 Å². The highest BCUT2D eigenvalue weighted by Crippen LogP contribution is 2.41. The summed E-state index contributed by atoms with van der Waals surface area (Å²) in [6, 6.07) is 5.94. The standard InChI is InChI=1S/C13H11Br2ClFNOS/c14-11-4-8(13(15)20-11)12(19)9(5-18)7-2-1-6(17)3-10(7)16/h1-4,9,12,19H,5,18H2. The van der Waals surface area contributed by atoms with Gasteiger partial charge in [0, 0.05) is 23.0 Å². The highest BCUT2D eigenvalue weighted by Gasteiger charge is 2.26. The van der Waals surface area contributed by atoms with Gasteiger partial charge in [0.25, 0.3) is 0 Å². The van der Waals surface area contributed by atoms with Crippen LogP contribution in [-0.4, -0.2) is 11.7 Å². The second kappa shape index (κ2) is 6.85. The Balaban J connectivity index is 2.39. The second-order valence-corrected chi connectivity index (χ2v) is 8.39. The molecule has 2 rings (SSSR count). The van der Waals surface area contributed by atoms with Crippen LogP contribution >= 0.6 is 54.8 Å². The molecule has 2 aromatic rings.